The maximum absolute atomic E-state index is 12.1. The Kier molecular flexibility index (Phi) is 5.74. The van der Waals surface area contributed by atoms with Crippen molar-refractivity contribution in [2.24, 2.45) is 0 Å². The van der Waals surface area contributed by atoms with Crippen LogP contribution in [0.2, 0.25) is 0 Å². The van der Waals surface area contributed by atoms with Crippen LogP contribution in [0.5, 0.6) is 0 Å². The lowest BCUT2D eigenvalue weighted by molar-refractivity contribution is -0.116. The van der Waals surface area contributed by atoms with Crippen LogP contribution in [-0.2, 0) is 4.79 Å². The molecule has 0 aromatic heterocycles. The highest BCUT2D eigenvalue weighted by Crippen LogP contribution is 2.21. The fourth-order valence-electron chi connectivity index (χ4n) is 2.76. The molecule has 2 aromatic rings. The summed E-state index contributed by atoms with van der Waals surface area (Å²) in [5.74, 6) is -0.260. The largest absolute Gasteiger partial charge is 0.352 e. The smallest absolute Gasteiger partial charge is 0.251 e. The first kappa shape index (κ1) is 17.7. The number of hydrogen-bond donors (Lipinski definition) is 2. The van der Waals surface area contributed by atoms with Crippen molar-refractivity contribution in [3.05, 3.63) is 64.2 Å². The number of aryl methyl sites for hydroxylation is 4. The molecule has 0 aliphatic heterocycles. The molecule has 0 fully saturated rings. The van der Waals surface area contributed by atoms with E-state index in [1.807, 2.05) is 58.0 Å². The first-order chi connectivity index (χ1) is 11.4. The van der Waals surface area contributed by atoms with Gasteiger partial charge in [0.05, 0.1) is 0 Å². The third-order valence-corrected chi connectivity index (χ3v) is 3.86. The summed E-state index contributed by atoms with van der Waals surface area (Å²) in [6.45, 7) is 8.25. The van der Waals surface area contributed by atoms with E-state index < -0.39 is 0 Å². The predicted molar refractivity (Wildman–Crippen MR) is 97.4 cm³/mol. The van der Waals surface area contributed by atoms with Crippen LogP contribution in [0.1, 0.15) is 39.0 Å². The van der Waals surface area contributed by atoms with Crippen molar-refractivity contribution >= 4 is 17.5 Å². The zero-order valence-corrected chi connectivity index (χ0v) is 14.7. The SMILES string of the molecule is Cc1cccc(C(=O)NCCC(=O)Nc2c(C)cc(C)cc2C)c1. The van der Waals surface area contributed by atoms with Gasteiger partial charge in [-0.25, -0.2) is 0 Å². The van der Waals surface area contributed by atoms with Gasteiger partial charge in [-0.05, 0) is 51.0 Å². The monoisotopic (exact) mass is 324 g/mol. The molecule has 2 N–H and O–H groups in total. The average Bonchev–Trinajstić information content (AvgIpc) is 2.50. The minimum atomic E-state index is -0.158. The zero-order chi connectivity index (χ0) is 17.7. The first-order valence-electron chi connectivity index (χ1n) is 8.09. The molecule has 126 valence electrons. The van der Waals surface area contributed by atoms with Crippen LogP contribution in [0.15, 0.2) is 36.4 Å². The number of carbonyl (C=O) groups excluding carboxylic acids is 2. The number of hydrogen-bond acceptors (Lipinski definition) is 2. The van der Waals surface area contributed by atoms with Gasteiger partial charge in [0.15, 0.2) is 0 Å². The van der Waals surface area contributed by atoms with Crippen LogP contribution in [0.25, 0.3) is 0 Å². The van der Waals surface area contributed by atoms with Crippen LogP contribution in [0, 0.1) is 27.7 Å². The van der Waals surface area contributed by atoms with Gasteiger partial charge >= 0.3 is 0 Å². The standard InChI is InChI=1S/C20H24N2O2/c1-13-6-5-7-17(12-13)20(24)21-9-8-18(23)22-19-15(3)10-14(2)11-16(19)4/h5-7,10-12H,8-9H2,1-4H3,(H,21,24)(H,22,23). The van der Waals surface area contributed by atoms with Gasteiger partial charge in [0, 0.05) is 24.2 Å². The highest BCUT2D eigenvalue weighted by molar-refractivity contribution is 5.95. The highest BCUT2D eigenvalue weighted by atomic mass is 16.2. The highest BCUT2D eigenvalue weighted by Gasteiger charge is 2.10. The number of carbonyl (C=O) groups is 2. The fraction of sp³-hybridized carbons (Fsp3) is 0.300. The van der Waals surface area contributed by atoms with Crippen molar-refractivity contribution in [2.75, 3.05) is 11.9 Å². The second kappa shape index (κ2) is 7.77. The summed E-state index contributed by atoms with van der Waals surface area (Å²) in [5.41, 5.74) is 5.77. The maximum atomic E-state index is 12.1. The molecule has 0 saturated carbocycles. The Hall–Kier alpha value is -2.62. The predicted octanol–water partition coefficient (Wildman–Crippen LogP) is 3.68. The Morgan fingerprint density at radius 2 is 1.58 bits per heavy atom. The zero-order valence-electron chi connectivity index (χ0n) is 14.7. The summed E-state index contributed by atoms with van der Waals surface area (Å²) in [4.78, 5) is 24.2. The van der Waals surface area contributed by atoms with Crippen LogP contribution in [-0.4, -0.2) is 18.4 Å². The molecule has 0 heterocycles. The van der Waals surface area contributed by atoms with Crippen LogP contribution in [0.4, 0.5) is 5.69 Å². The van der Waals surface area contributed by atoms with Crippen molar-refractivity contribution in [1.82, 2.24) is 5.32 Å². The van der Waals surface area contributed by atoms with Gasteiger partial charge in [0.1, 0.15) is 0 Å². The number of nitrogens with one attached hydrogen (secondary N) is 2. The topological polar surface area (TPSA) is 58.2 Å². The Labute approximate surface area is 143 Å². The van der Waals surface area contributed by atoms with Crippen molar-refractivity contribution in [3.8, 4) is 0 Å². The molecule has 2 aromatic carbocycles. The van der Waals surface area contributed by atoms with Crippen LogP contribution >= 0.6 is 0 Å². The minimum Gasteiger partial charge on any atom is -0.352 e. The summed E-state index contributed by atoms with van der Waals surface area (Å²) in [5, 5.41) is 5.72. The third-order valence-electron chi connectivity index (χ3n) is 3.86. The normalized spacial score (nSPS) is 10.3. The molecule has 0 unspecified atom stereocenters. The molecule has 24 heavy (non-hydrogen) atoms. The van der Waals surface area contributed by atoms with E-state index in [2.05, 4.69) is 10.6 Å². The van der Waals surface area contributed by atoms with E-state index in [1.165, 1.54) is 5.56 Å². The summed E-state index contributed by atoms with van der Waals surface area (Å²) < 4.78 is 0. The second-order valence-electron chi connectivity index (χ2n) is 6.20. The Balaban J connectivity index is 1.87. The van der Waals surface area contributed by atoms with Gasteiger partial charge in [0.25, 0.3) is 5.91 Å². The molecule has 0 radical (unpaired) electrons. The molecular weight excluding hydrogens is 300 g/mol. The minimum absolute atomic E-state index is 0.102. The van der Waals surface area contributed by atoms with Crippen molar-refractivity contribution in [3.63, 3.8) is 0 Å². The molecule has 0 aliphatic carbocycles. The summed E-state index contributed by atoms with van der Waals surface area (Å²) in [6, 6.07) is 11.5. The number of benzene rings is 2. The fourth-order valence-corrected chi connectivity index (χ4v) is 2.76. The van der Waals surface area contributed by atoms with E-state index in [9.17, 15) is 9.59 Å². The molecule has 0 saturated heterocycles. The van der Waals surface area contributed by atoms with Gasteiger partial charge in [0.2, 0.25) is 5.91 Å². The number of rotatable bonds is 5. The lowest BCUT2D eigenvalue weighted by atomic mass is 10.1. The van der Waals surface area contributed by atoms with E-state index in [1.54, 1.807) is 6.07 Å². The van der Waals surface area contributed by atoms with Gasteiger partial charge in [-0.1, -0.05) is 35.4 Å². The lowest BCUT2D eigenvalue weighted by Gasteiger charge is -2.13. The van der Waals surface area contributed by atoms with Crippen LogP contribution < -0.4 is 10.6 Å². The molecular formula is C20H24N2O2. The van der Waals surface area contributed by atoms with E-state index in [0.29, 0.717) is 12.1 Å². The number of anilines is 1. The van der Waals surface area contributed by atoms with Gasteiger partial charge in [-0.15, -0.1) is 0 Å². The quantitative estimate of drug-likeness (QED) is 0.881. The molecule has 4 heteroatoms. The lowest BCUT2D eigenvalue weighted by Crippen LogP contribution is -2.27. The molecule has 0 bridgehead atoms. The Bertz CT molecular complexity index is 743. The number of amides is 2. The molecule has 2 amide bonds. The summed E-state index contributed by atoms with van der Waals surface area (Å²) >= 11 is 0. The van der Waals surface area contributed by atoms with E-state index in [4.69, 9.17) is 0 Å². The van der Waals surface area contributed by atoms with Gasteiger partial charge in [-0.3, -0.25) is 9.59 Å². The molecule has 0 atom stereocenters. The Morgan fingerprint density at radius 3 is 2.21 bits per heavy atom. The molecule has 2 rings (SSSR count). The van der Waals surface area contributed by atoms with Crippen molar-refractivity contribution in [2.45, 2.75) is 34.1 Å². The first-order valence-corrected chi connectivity index (χ1v) is 8.09. The van der Waals surface area contributed by atoms with E-state index in [-0.39, 0.29) is 18.2 Å². The van der Waals surface area contributed by atoms with E-state index in [0.717, 1.165) is 22.4 Å². The van der Waals surface area contributed by atoms with Gasteiger partial charge in [-0.2, -0.15) is 0 Å². The molecule has 0 aliphatic rings. The van der Waals surface area contributed by atoms with E-state index >= 15 is 0 Å². The maximum Gasteiger partial charge on any atom is 0.251 e. The Morgan fingerprint density at radius 1 is 0.917 bits per heavy atom. The average molecular weight is 324 g/mol. The van der Waals surface area contributed by atoms with Crippen molar-refractivity contribution < 1.29 is 9.59 Å². The molecule has 4 nitrogen and oxygen atoms in total. The summed E-state index contributed by atoms with van der Waals surface area (Å²) in [7, 11) is 0. The second-order valence-corrected chi connectivity index (χ2v) is 6.20. The third kappa shape index (κ3) is 4.69. The molecule has 0 spiro atoms. The van der Waals surface area contributed by atoms with Crippen molar-refractivity contribution in [1.29, 1.82) is 0 Å². The summed E-state index contributed by atoms with van der Waals surface area (Å²) in [6.07, 6.45) is 0.240. The van der Waals surface area contributed by atoms with Gasteiger partial charge < -0.3 is 10.6 Å². The van der Waals surface area contributed by atoms with Crippen LogP contribution in [0.3, 0.4) is 0 Å².